The number of ether oxygens (including phenoxy) is 5. The maximum absolute atomic E-state index is 12.7. The second-order valence-corrected chi connectivity index (χ2v) is 10.3. The highest BCUT2D eigenvalue weighted by atomic mass is 32.1. The molecule has 2 heterocycles. The van der Waals surface area contributed by atoms with Crippen LogP contribution in [0.1, 0.15) is 51.8 Å². The summed E-state index contributed by atoms with van der Waals surface area (Å²) in [5.41, 5.74) is 4.37. The van der Waals surface area contributed by atoms with Gasteiger partial charge >= 0.3 is 5.97 Å². The molecule has 2 aromatic carbocycles. The molecule has 2 unspecified atom stereocenters. The summed E-state index contributed by atoms with van der Waals surface area (Å²) in [5, 5.41) is 0. The lowest BCUT2D eigenvalue weighted by atomic mass is 9.84. The molecule has 36 heavy (non-hydrogen) atoms. The highest BCUT2D eigenvalue weighted by Crippen LogP contribution is 2.42. The van der Waals surface area contributed by atoms with Gasteiger partial charge in [-0.2, -0.15) is 0 Å². The smallest absolute Gasteiger partial charge is 0.309 e. The first kappa shape index (κ1) is 26.4. The molecule has 0 spiro atoms. The van der Waals surface area contributed by atoms with Crippen molar-refractivity contribution in [2.45, 2.75) is 45.7 Å². The SMILES string of the molecule is COC(=O)C(C)C(c1ccc(C)c(COCc2ccc(OC)cc2)c1)c1ccc(C2(C)OCCO2)s1. The summed E-state index contributed by atoms with van der Waals surface area (Å²) >= 11 is 1.62. The van der Waals surface area contributed by atoms with E-state index in [2.05, 4.69) is 31.2 Å². The third kappa shape index (κ3) is 5.81. The van der Waals surface area contributed by atoms with Crippen molar-refractivity contribution in [1.82, 2.24) is 0 Å². The van der Waals surface area contributed by atoms with Crippen LogP contribution in [0.4, 0.5) is 0 Å². The van der Waals surface area contributed by atoms with Crippen LogP contribution in [0.15, 0.2) is 54.6 Å². The molecular weight excluding hydrogens is 476 g/mol. The molecule has 0 saturated carbocycles. The van der Waals surface area contributed by atoms with Crippen LogP contribution in [0.5, 0.6) is 5.75 Å². The molecule has 1 aliphatic rings. The predicted octanol–water partition coefficient (Wildman–Crippen LogP) is 5.94. The van der Waals surface area contributed by atoms with Crippen molar-refractivity contribution in [3.63, 3.8) is 0 Å². The molecule has 1 aliphatic heterocycles. The zero-order chi connectivity index (χ0) is 25.7. The monoisotopic (exact) mass is 510 g/mol. The highest BCUT2D eigenvalue weighted by Gasteiger charge is 2.36. The Hall–Kier alpha value is -2.71. The first-order chi connectivity index (χ1) is 17.3. The number of thiophene rings is 1. The van der Waals surface area contributed by atoms with Crippen LogP contribution in [-0.2, 0) is 42.7 Å². The molecule has 1 fully saturated rings. The molecule has 0 aliphatic carbocycles. The normalized spacial score (nSPS) is 16.5. The Morgan fingerprint density at radius 1 is 1.03 bits per heavy atom. The summed E-state index contributed by atoms with van der Waals surface area (Å²) < 4.78 is 28.1. The summed E-state index contributed by atoms with van der Waals surface area (Å²) in [6.45, 7) is 8.06. The second kappa shape index (κ2) is 11.6. The Balaban J connectivity index is 1.57. The predicted molar refractivity (Wildman–Crippen MR) is 139 cm³/mol. The molecule has 6 nitrogen and oxygen atoms in total. The van der Waals surface area contributed by atoms with Gasteiger partial charge in [-0.05, 0) is 60.4 Å². The maximum atomic E-state index is 12.7. The van der Waals surface area contributed by atoms with Gasteiger partial charge in [-0.3, -0.25) is 4.79 Å². The van der Waals surface area contributed by atoms with E-state index in [0.29, 0.717) is 26.4 Å². The van der Waals surface area contributed by atoms with Crippen LogP contribution in [0.3, 0.4) is 0 Å². The largest absolute Gasteiger partial charge is 0.497 e. The number of esters is 1. The van der Waals surface area contributed by atoms with E-state index in [1.165, 1.54) is 7.11 Å². The molecule has 1 saturated heterocycles. The van der Waals surface area contributed by atoms with Crippen LogP contribution in [0, 0.1) is 12.8 Å². The Bertz CT molecular complexity index is 1160. The molecule has 0 radical (unpaired) electrons. The molecule has 0 amide bonds. The van der Waals surface area contributed by atoms with Gasteiger partial charge in [0, 0.05) is 10.8 Å². The van der Waals surface area contributed by atoms with E-state index in [0.717, 1.165) is 37.8 Å². The van der Waals surface area contributed by atoms with Crippen LogP contribution in [-0.4, -0.2) is 33.4 Å². The fourth-order valence-electron chi connectivity index (χ4n) is 4.48. The van der Waals surface area contributed by atoms with Crippen LogP contribution in [0.25, 0.3) is 0 Å². The van der Waals surface area contributed by atoms with Crippen LogP contribution < -0.4 is 4.74 Å². The Kier molecular flexibility index (Phi) is 8.46. The molecular formula is C29H34O6S. The average molecular weight is 511 g/mol. The molecule has 4 rings (SSSR count). The average Bonchev–Trinajstić information content (AvgIpc) is 3.56. The molecule has 192 valence electrons. The number of carbonyl (C=O) groups excluding carboxylic acids is 1. The van der Waals surface area contributed by atoms with Gasteiger partial charge in [-0.25, -0.2) is 0 Å². The standard InChI is InChI=1S/C29H34O6S/c1-19-6-9-22(16-23(19)18-33-17-21-7-10-24(31-4)11-8-21)27(20(2)28(30)32-5)25-12-13-26(36-25)29(3)34-14-15-35-29/h6-13,16,20,27H,14-15,17-18H2,1-5H3. The maximum Gasteiger partial charge on any atom is 0.309 e. The molecule has 0 bridgehead atoms. The van der Waals surface area contributed by atoms with E-state index >= 15 is 0 Å². The van der Waals surface area contributed by atoms with Crippen LogP contribution >= 0.6 is 11.3 Å². The van der Waals surface area contributed by atoms with Gasteiger partial charge in [0.2, 0.25) is 5.79 Å². The van der Waals surface area contributed by atoms with Gasteiger partial charge in [0.25, 0.3) is 0 Å². The lowest BCUT2D eigenvalue weighted by Gasteiger charge is -2.24. The number of hydrogen-bond acceptors (Lipinski definition) is 7. The summed E-state index contributed by atoms with van der Waals surface area (Å²) in [7, 11) is 3.09. The molecule has 0 N–H and O–H groups in total. The minimum atomic E-state index is -0.740. The van der Waals surface area contributed by atoms with E-state index in [9.17, 15) is 4.79 Å². The van der Waals surface area contributed by atoms with Crippen molar-refractivity contribution in [2.24, 2.45) is 5.92 Å². The lowest BCUT2D eigenvalue weighted by molar-refractivity contribution is -0.147. The van der Waals surface area contributed by atoms with Gasteiger partial charge < -0.3 is 23.7 Å². The minimum Gasteiger partial charge on any atom is -0.497 e. The van der Waals surface area contributed by atoms with Crippen molar-refractivity contribution < 1.29 is 28.5 Å². The van der Waals surface area contributed by atoms with Crippen molar-refractivity contribution in [3.05, 3.63) is 86.6 Å². The summed E-state index contributed by atoms with van der Waals surface area (Å²) in [6, 6.07) is 18.3. The third-order valence-corrected chi connectivity index (χ3v) is 8.06. The zero-order valence-electron chi connectivity index (χ0n) is 21.5. The molecule has 3 aromatic rings. The molecule has 2 atom stereocenters. The number of hydrogen-bond donors (Lipinski definition) is 0. The molecule has 1 aromatic heterocycles. The Morgan fingerprint density at radius 3 is 2.42 bits per heavy atom. The zero-order valence-corrected chi connectivity index (χ0v) is 22.4. The number of aryl methyl sites for hydroxylation is 1. The number of carbonyl (C=O) groups is 1. The van der Waals surface area contributed by atoms with Gasteiger partial charge in [0.1, 0.15) is 5.75 Å². The third-order valence-electron chi connectivity index (χ3n) is 6.71. The highest BCUT2D eigenvalue weighted by molar-refractivity contribution is 7.12. The first-order valence-corrected chi connectivity index (χ1v) is 12.9. The van der Waals surface area contributed by atoms with E-state index in [-0.39, 0.29) is 17.8 Å². The van der Waals surface area contributed by atoms with Crippen LogP contribution in [0.2, 0.25) is 0 Å². The van der Waals surface area contributed by atoms with E-state index in [4.69, 9.17) is 23.7 Å². The second-order valence-electron chi connectivity index (χ2n) is 9.16. The first-order valence-electron chi connectivity index (χ1n) is 12.1. The lowest BCUT2D eigenvalue weighted by Crippen LogP contribution is -2.22. The van der Waals surface area contributed by atoms with Crippen molar-refractivity contribution in [1.29, 1.82) is 0 Å². The minimum absolute atomic E-state index is 0.165. The topological polar surface area (TPSA) is 63.2 Å². The quantitative estimate of drug-likeness (QED) is 0.315. The van der Waals surface area contributed by atoms with Crippen molar-refractivity contribution in [3.8, 4) is 5.75 Å². The van der Waals surface area contributed by atoms with Crippen molar-refractivity contribution >= 4 is 17.3 Å². The van der Waals surface area contributed by atoms with E-state index < -0.39 is 5.79 Å². The van der Waals surface area contributed by atoms with Gasteiger partial charge in [-0.15, -0.1) is 11.3 Å². The van der Waals surface area contributed by atoms with E-state index in [1.54, 1.807) is 18.4 Å². The van der Waals surface area contributed by atoms with Gasteiger partial charge in [-0.1, -0.05) is 37.3 Å². The Morgan fingerprint density at radius 2 is 1.75 bits per heavy atom. The van der Waals surface area contributed by atoms with Crippen molar-refractivity contribution in [2.75, 3.05) is 27.4 Å². The van der Waals surface area contributed by atoms with Gasteiger partial charge in [0.05, 0.1) is 51.4 Å². The van der Waals surface area contributed by atoms with E-state index in [1.807, 2.05) is 44.2 Å². The van der Waals surface area contributed by atoms with Gasteiger partial charge in [0.15, 0.2) is 0 Å². The summed E-state index contributed by atoms with van der Waals surface area (Å²) in [4.78, 5) is 14.7. The fraction of sp³-hybridized carbons (Fsp3) is 0.414. The summed E-state index contributed by atoms with van der Waals surface area (Å²) in [6.07, 6.45) is 0. The Labute approximate surface area is 217 Å². The number of rotatable bonds is 10. The number of methoxy groups -OCH3 is 2. The molecule has 7 heteroatoms. The fourth-order valence-corrected chi connectivity index (χ4v) is 5.78. The summed E-state index contributed by atoms with van der Waals surface area (Å²) in [5.74, 6) is -0.690. The number of benzene rings is 2.